The molecule has 0 N–H and O–H groups in total. The molecule has 3 rings (SSSR count). The lowest BCUT2D eigenvalue weighted by molar-refractivity contribution is -0.138. The number of rotatable bonds is 7. The van der Waals surface area contributed by atoms with Crippen LogP contribution in [0.2, 0.25) is 0 Å². The first-order valence-electron chi connectivity index (χ1n) is 8.95. The van der Waals surface area contributed by atoms with Crippen molar-refractivity contribution < 1.29 is 22.7 Å². The summed E-state index contributed by atoms with van der Waals surface area (Å²) in [7, 11) is 1.48. The van der Waals surface area contributed by atoms with Crippen molar-refractivity contribution in [2.45, 2.75) is 24.9 Å². The van der Waals surface area contributed by atoms with Crippen molar-refractivity contribution in [2.75, 3.05) is 7.11 Å². The Bertz CT molecular complexity index is 975. The van der Waals surface area contributed by atoms with E-state index in [4.69, 9.17) is 4.74 Å². The van der Waals surface area contributed by atoms with E-state index in [2.05, 4.69) is 9.97 Å². The van der Waals surface area contributed by atoms with Crippen molar-refractivity contribution in [1.29, 1.82) is 0 Å². The van der Waals surface area contributed by atoms with E-state index in [1.54, 1.807) is 48.8 Å². The lowest BCUT2D eigenvalue weighted by Gasteiger charge is -2.21. The molecule has 0 amide bonds. The predicted octanol–water partition coefficient (Wildman–Crippen LogP) is 4.84. The fourth-order valence-electron chi connectivity index (χ4n) is 3.20. The van der Waals surface area contributed by atoms with Gasteiger partial charge in [0.25, 0.3) is 0 Å². The molecule has 7 heteroatoms. The van der Waals surface area contributed by atoms with Crippen molar-refractivity contribution in [3.63, 3.8) is 0 Å². The van der Waals surface area contributed by atoms with E-state index in [1.807, 2.05) is 0 Å². The zero-order valence-electron chi connectivity index (χ0n) is 15.7. The summed E-state index contributed by atoms with van der Waals surface area (Å²) in [5, 5.41) is 0. The number of alkyl halides is 3. The van der Waals surface area contributed by atoms with Crippen LogP contribution >= 0.6 is 0 Å². The first-order chi connectivity index (χ1) is 13.9. The number of ketones is 1. The lowest BCUT2D eigenvalue weighted by atomic mass is 9.86. The van der Waals surface area contributed by atoms with Gasteiger partial charge in [-0.1, -0.05) is 18.2 Å². The second-order valence-electron chi connectivity index (χ2n) is 6.54. The van der Waals surface area contributed by atoms with Gasteiger partial charge in [-0.3, -0.25) is 14.8 Å². The Balaban J connectivity index is 2.00. The lowest BCUT2D eigenvalue weighted by Crippen LogP contribution is -2.18. The van der Waals surface area contributed by atoms with Gasteiger partial charge in [0.1, 0.15) is 11.5 Å². The van der Waals surface area contributed by atoms with Gasteiger partial charge < -0.3 is 4.74 Å². The van der Waals surface area contributed by atoms with Crippen LogP contribution in [0.3, 0.4) is 0 Å². The Morgan fingerprint density at radius 1 is 1.10 bits per heavy atom. The van der Waals surface area contributed by atoms with Crippen LogP contribution in [0.5, 0.6) is 5.75 Å². The number of hydrogen-bond acceptors (Lipinski definition) is 4. The van der Waals surface area contributed by atoms with Gasteiger partial charge in [0.2, 0.25) is 0 Å². The molecule has 0 fully saturated rings. The van der Waals surface area contributed by atoms with Crippen LogP contribution in [0.25, 0.3) is 0 Å². The monoisotopic (exact) mass is 400 g/mol. The molecule has 0 saturated carbocycles. The van der Waals surface area contributed by atoms with Crippen LogP contribution in [-0.4, -0.2) is 22.9 Å². The molecule has 0 spiro atoms. The molecule has 1 aromatic carbocycles. The SMILES string of the molecule is COc1cccc([C@H](CC(=O)Cc2cccnc2)c2ncccc2C(F)(F)F)c1. The third-order valence-electron chi connectivity index (χ3n) is 4.53. The Labute approximate surface area is 166 Å². The summed E-state index contributed by atoms with van der Waals surface area (Å²) >= 11 is 0. The van der Waals surface area contributed by atoms with Crippen LogP contribution in [0.15, 0.2) is 67.1 Å². The molecular formula is C22H19F3N2O2. The van der Waals surface area contributed by atoms with Crippen LogP contribution in [0.4, 0.5) is 13.2 Å². The summed E-state index contributed by atoms with van der Waals surface area (Å²) in [5.41, 5.74) is 0.224. The maximum Gasteiger partial charge on any atom is 0.418 e. The van der Waals surface area contributed by atoms with E-state index in [-0.39, 0.29) is 24.3 Å². The number of pyridine rings is 2. The fourth-order valence-corrected chi connectivity index (χ4v) is 3.20. The molecule has 150 valence electrons. The molecular weight excluding hydrogens is 381 g/mol. The number of hydrogen-bond donors (Lipinski definition) is 0. The number of methoxy groups -OCH3 is 1. The summed E-state index contributed by atoms with van der Waals surface area (Å²) in [4.78, 5) is 20.7. The Kier molecular flexibility index (Phi) is 6.26. The molecule has 1 atom stereocenters. The molecule has 0 aliphatic heterocycles. The van der Waals surface area contributed by atoms with Crippen molar-refractivity contribution in [1.82, 2.24) is 9.97 Å². The van der Waals surface area contributed by atoms with Gasteiger partial charge in [-0.15, -0.1) is 0 Å². The van der Waals surface area contributed by atoms with Gasteiger partial charge in [-0.05, 0) is 41.5 Å². The maximum absolute atomic E-state index is 13.6. The Hall–Kier alpha value is -3.22. The molecule has 0 saturated heterocycles. The minimum Gasteiger partial charge on any atom is -0.497 e. The van der Waals surface area contributed by atoms with Gasteiger partial charge in [-0.2, -0.15) is 13.2 Å². The third kappa shape index (κ3) is 5.19. The highest BCUT2D eigenvalue weighted by atomic mass is 19.4. The number of halogens is 3. The Morgan fingerprint density at radius 3 is 2.59 bits per heavy atom. The molecule has 2 aromatic heterocycles. The van der Waals surface area contributed by atoms with E-state index in [0.29, 0.717) is 16.9 Å². The van der Waals surface area contributed by atoms with Gasteiger partial charge in [0.15, 0.2) is 0 Å². The van der Waals surface area contributed by atoms with Crippen molar-refractivity contribution in [2.24, 2.45) is 0 Å². The molecule has 29 heavy (non-hydrogen) atoms. The average Bonchev–Trinajstić information content (AvgIpc) is 2.72. The molecule has 0 bridgehead atoms. The highest BCUT2D eigenvalue weighted by molar-refractivity contribution is 5.82. The van der Waals surface area contributed by atoms with E-state index in [1.165, 1.54) is 19.4 Å². The molecule has 4 nitrogen and oxygen atoms in total. The second-order valence-corrected chi connectivity index (χ2v) is 6.54. The van der Waals surface area contributed by atoms with E-state index in [9.17, 15) is 18.0 Å². The van der Waals surface area contributed by atoms with Crippen LogP contribution in [0, 0.1) is 0 Å². The van der Waals surface area contributed by atoms with Gasteiger partial charge in [0, 0.05) is 37.4 Å². The number of carbonyl (C=O) groups excluding carboxylic acids is 1. The van der Waals surface area contributed by atoms with Gasteiger partial charge >= 0.3 is 6.18 Å². The van der Waals surface area contributed by atoms with Crippen LogP contribution in [-0.2, 0) is 17.4 Å². The molecule has 0 aliphatic carbocycles. The number of carbonyl (C=O) groups is 1. The highest BCUT2D eigenvalue weighted by Gasteiger charge is 2.37. The quantitative estimate of drug-likeness (QED) is 0.570. The number of aromatic nitrogens is 2. The van der Waals surface area contributed by atoms with Gasteiger partial charge in [-0.25, -0.2) is 0 Å². The van der Waals surface area contributed by atoms with Crippen LogP contribution < -0.4 is 4.74 Å². The highest BCUT2D eigenvalue weighted by Crippen LogP contribution is 2.38. The summed E-state index contributed by atoms with van der Waals surface area (Å²) in [6.07, 6.45) is -0.141. The largest absolute Gasteiger partial charge is 0.497 e. The molecule has 0 aliphatic rings. The minimum absolute atomic E-state index is 0.0858. The topological polar surface area (TPSA) is 52.1 Å². The average molecular weight is 400 g/mol. The predicted molar refractivity (Wildman–Crippen MR) is 102 cm³/mol. The standard InChI is InChI=1S/C22H19F3N2O2/c1-29-18-7-2-6-16(12-18)19(13-17(28)11-15-5-3-9-26-14-15)21-20(22(23,24)25)8-4-10-27-21/h2-10,12,14,19H,11,13H2,1H3/t19-/m0/s1. The number of Topliss-reactive ketones (excluding diaryl/α,β-unsaturated/α-hetero) is 1. The molecule has 0 radical (unpaired) electrons. The fraction of sp³-hybridized carbons (Fsp3) is 0.227. The summed E-state index contributed by atoms with van der Waals surface area (Å²) < 4.78 is 46.0. The van der Waals surface area contributed by atoms with Crippen molar-refractivity contribution in [3.8, 4) is 5.75 Å². The maximum atomic E-state index is 13.6. The third-order valence-corrected chi connectivity index (χ3v) is 4.53. The second kappa shape index (κ2) is 8.86. The summed E-state index contributed by atoms with van der Waals surface area (Å²) in [5.74, 6) is -0.562. The first kappa shape index (κ1) is 20.5. The normalized spacial score (nSPS) is 12.4. The Morgan fingerprint density at radius 2 is 1.90 bits per heavy atom. The van der Waals surface area contributed by atoms with Gasteiger partial charge in [0.05, 0.1) is 18.4 Å². The van der Waals surface area contributed by atoms with Crippen molar-refractivity contribution >= 4 is 5.78 Å². The summed E-state index contributed by atoms with van der Waals surface area (Å²) in [6, 6.07) is 12.4. The molecule has 0 unspecified atom stereocenters. The zero-order chi connectivity index (χ0) is 20.9. The first-order valence-corrected chi connectivity index (χ1v) is 8.95. The van der Waals surface area contributed by atoms with E-state index >= 15 is 0 Å². The zero-order valence-corrected chi connectivity index (χ0v) is 15.7. The number of benzene rings is 1. The van der Waals surface area contributed by atoms with E-state index in [0.717, 1.165) is 6.07 Å². The smallest absolute Gasteiger partial charge is 0.418 e. The van der Waals surface area contributed by atoms with Crippen LogP contribution in [0.1, 0.15) is 34.7 Å². The minimum atomic E-state index is -4.58. The molecule has 3 aromatic rings. The molecule has 2 heterocycles. The number of ether oxygens (including phenoxy) is 1. The van der Waals surface area contributed by atoms with E-state index < -0.39 is 17.7 Å². The number of nitrogens with zero attached hydrogens (tertiary/aromatic N) is 2. The summed E-state index contributed by atoms with van der Waals surface area (Å²) in [6.45, 7) is 0. The van der Waals surface area contributed by atoms with Crippen molar-refractivity contribution in [3.05, 3.63) is 89.5 Å².